The maximum absolute atomic E-state index is 12.4. The van der Waals surface area contributed by atoms with Crippen LogP contribution in [-0.4, -0.2) is 54.6 Å². The van der Waals surface area contributed by atoms with Gasteiger partial charge in [0.25, 0.3) is 0 Å². The quantitative estimate of drug-likeness (QED) is 0.751. The number of nitrogens with zero attached hydrogens (tertiary/aromatic N) is 3. The van der Waals surface area contributed by atoms with Crippen LogP contribution in [0.1, 0.15) is 36.4 Å². The van der Waals surface area contributed by atoms with Gasteiger partial charge in [0, 0.05) is 25.8 Å². The minimum atomic E-state index is -0.118. The molecule has 0 radical (unpaired) electrons. The van der Waals surface area contributed by atoms with Crippen molar-refractivity contribution in [3.05, 3.63) is 71.8 Å². The molecule has 0 saturated heterocycles. The normalized spacial score (nSPS) is 14.6. The number of rotatable bonds is 8. The average molecular weight is 393 g/mol. The summed E-state index contributed by atoms with van der Waals surface area (Å²) in [7, 11) is 3.98. The van der Waals surface area contributed by atoms with E-state index in [4.69, 9.17) is 0 Å². The molecule has 1 atom stereocenters. The first kappa shape index (κ1) is 20.7. The van der Waals surface area contributed by atoms with Crippen LogP contribution in [0.5, 0.6) is 0 Å². The van der Waals surface area contributed by atoms with Gasteiger partial charge in [-0.05, 0) is 25.2 Å². The Morgan fingerprint density at radius 3 is 2.34 bits per heavy atom. The number of nitrogens with one attached hydrogen (secondary N) is 1. The smallest absolute Gasteiger partial charge is 0.243 e. The van der Waals surface area contributed by atoms with Gasteiger partial charge in [0.15, 0.2) is 0 Å². The molecule has 2 aromatic carbocycles. The molecule has 2 aromatic rings. The number of hydrogen-bond acceptors (Lipinski definition) is 4. The van der Waals surface area contributed by atoms with Crippen molar-refractivity contribution in [3.8, 4) is 0 Å². The van der Waals surface area contributed by atoms with Gasteiger partial charge in [-0.15, -0.1) is 0 Å². The van der Waals surface area contributed by atoms with E-state index in [2.05, 4.69) is 27.5 Å². The fourth-order valence-electron chi connectivity index (χ4n) is 3.39. The summed E-state index contributed by atoms with van der Waals surface area (Å²) in [6, 6.07) is 20.0. The standard InChI is InChI=1S/C23H28N4O2/c1-26(2)21(19-11-7-4-8-12-19)17-24-22(28)13-14-23(29)27-16-15-20(25-27)18-9-5-3-6-10-18/h3-12,21H,13-17H2,1-2H3,(H,24,28). The van der Waals surface area contributed by atoms with Gasteiger partial charge in [-0.1, -0.05) is 60.7 Å². The van der Waals surface area contributed by atoms with Gasteiger partial charge in [0.2, 0.25) is 11.8 Å². The molecule has 2 amide bonds. The topological polar surface area (TPSA) is 65.0 Å². The molecular formula is C23H28N4O2. The molecule has 0 aromatic heterocycles. The van der Waals surface area contributed by atoms with Gasteiger partial charge in [-0.3, -0.25) is 9.59 Å². The van der Waals surface area contributed by atoms with Crippen molar-refractivity contribution in [2.45, 2.75) is 25.3 Å². The first-order valence-electron chi connectivity index (χ1n) is 9.96. The minimum absolute atomic E-state index is 0.0902. The Balaban J connectivity index is 1.47. The Hall–Kier alpha value is -2.99. The van der Waals surface area contributed by atoms with E-state index >= 15 is 0 Å². The second-order valence-corrected chi connectivity index (χ2v) is 7.37. The molecule has 0 aliphatic carbocycles. The maximum atomic E-state index is 12.4. The molecular weight excluding hydrogens is 364 g/mol. The first-order valence-corrected chi connectivity index (χ1v) is 9.96. The number of hydrogen-bond donors (Lipinski definition) is 1. The lowest BCUT2D eigenvalue weighted by molar-refractivity contribution is -0.133. The number of hydrazone groups is 1. The highest BCUT2D eigenvalue weighted by Gasteiger charge is 2.22. The lowest BCUT2D eigenvalue weighted by Gasteiger charge is -2.25. The summed E-state index contributed by atoms with van der Waals surface area (Å²) in [4.78, 5) is 26.8. The number of carbonyl (C=O) groups is 2. The van der Waals surface area contributed by atoms with E-state index < -0.39 is 0 Å². The van der Waals surface area contributed by atoms with Gasteiger partial charge in [-0.25, -0.2) is 5.01 Å². The molecule has 1 aliphatic rings. The summed E-state index contributed by atoms with van der Waals surface area (Å²) >= 11 is 0. The summed E-state index contributed by atoms with van der Waals surface area (Å²) < 4.78 is 0. The Bertz CT molecular complexity index is 850. The summed E-state index contributed by atoms with van der Waals surface area (Å²) in [5, 5.41) is 8.88. The fourth-order valence-corrected chi connectivity index (χ4v) is 3.39. The van der Waals surface area contributed by atoms with Crippen LogP contribution >= 0.6 is 0 Å². The number of carbonyl (C=O) groups excluding carboxylic acids is 2. The molecule has 1 aliphatic heterocycles. The summed E-state index contributed by atoms with van der Waals surface area (Å²) in [5.74, 6) is -0.231. The third kappa shape index (κ3) is 5.74. The van der Waals surface area contributed by atoms with Crippen molar-refractivity contribution >= 4 is 17.5 Å². The third-order valence-corrected chi connectivity index (χ3v) is 5.06. The highest BCUT2D eigenvalue weighted by Crippen LogP contribution is 2.17. The van der Waals surface area contributed by atoms with E-state index in [9.17, 15) is 9.59 Å². The van der Waals surface area contributed by atoms with Gasteiger partial charge in [0.05, 0.1) is 18.3 Å². The monoisotopic (exact) mass is 392 g/mol. The average Bonchev–Trinajstić information content (AvgIpc) is 3.24. The largest absolute Gasteiger partial charge is 0.354 e. The van der Waals surface area contributed by atoms with Gasteiger partial charge in [0.1, 0.15) is 0 Å². The molecule has 1 unspecified atom stereocenters. The molecule has 6 heteroatoms. The Labute approximate surface area is 172 Å². The van der Waals surface area contributed by atoms with Crippen molar-refractivity contribution in [2.75, 3.05) is 27.2 Å². The molecule has 0 fully saturated rings. The summed E-state index contributed by atoms with van der Waals surface area (Å²) in [5.41, 5.74) is 3.10. The predicted octanol–water partition coefficient (Wildman–Crippen LogP) is 2.82. The van der Waals surface area contributed by atoms with Crippen molar-refractivity contribution < 1.29 is 9.59 Å². The minimum Gasteiger partial charge on any atom is -0.354 e. The van der Waals surface area contributed by atoms with Crippen LogP contribution < -0.4 is 5.32 Å². The van der Waals surface area contributed by atoms with E-state index in [0.717, 1.165) is 23.3 Å². The highest BCUT2D eigenvalue weighted by atomic mass is 16.2. The second-order valence-electron chi connectivity index (χ2n) is 7.37. The van der Waals surface area contributed by atoms with E-state index in [0.29, 0.717) is 13.1 Å². The zero-order chi connectivity index (χ0) is 20.6. The highest BCUT2D eigenvalue weighted by molar-refractivity contribution is 6.02. The summed E-state index contributed by atoms with van der Waals surface area (Å²) in [6.45, 7) is 1.07. The summed E-state index contributed by atoms with van der Waals surface area (Å²) in [6.07, 6.45) is 1.07. The van der Waals surface area contributed by atoms with Crippen LogP contribution in [0.3, 0.4) is 0 Å². The number of amides is 2. The van der Waals surface area contributed by atoms with Gasteiger partial charge >= 0.3 is 0 Å². The van der Waals surface area contributed by atoms with E-state index in [1.54, 1.807) is 0 Å². The molecule has 0 bridgehead atoms. The van der Waals surface area contributed by atoms with Crippen LogP contribution in [0.25, 0.3) is 0 Å². The zero-order valence-corrected chi connectivity index (χ0v) is 17.0. The predicted molar refractivity (Wildman–Crippen MR) is 114 cm³/mol. The maximum Gasteiger partial charge on any atom is 0.243 e. The van der Waals surface area contributed by atoms with Crippen LogP contribution in [0.2, 0.25) is 0 Å². The molecule has 29 heavy (non-hydrogen) atoms. The van der Waals surface area contributed by atoms with Crippen LogP contribution in [0, 0.1) is 0 Å². The molecule has 0 saturated carbocycles. The zero-order valence-electron chi connectivity index (χ0n) is 17.0. The van der Waals surface area contributed by atoms with Crippen LogP contribution in [0.15, 0.2) is 65.8 Å². The molecule has 3 rings (SSSR count). The first-order chi connectivity index (χ1) is 14.0. The third-order valence-electron chi connectivity index (χ3n) is 5.06. The lowest BCUT2D eigenvalue weighted by Crippen LogP contribution is -2.35. The molecule has 1 N–H and O–H groups in total. The SMILES string of the molecule is CN(C)C(CNC(=O)CCC(=O)N1CCC(c2ccccc2)=N1)c1ccccc1. The van der Waals surface area contributed by atoms with Crippen molar-refractivity contribution in [2.24, 2.45) is 5.10 Å². The van der Waals surface area contributed by atoms with E-state index in [1.807, 2.05) is 62.6 Å². The van der Waals surface area contributed by atoms with Crippen LogP contribution in [0.4, 0.5) is 0 Å². The van der Waals surface area contributed by atoms with Gasteiger partial charge < -0.3 is 10.2 Å². The lowest BCUT2D eigenvalue weighted by atomic mass is 10.1. The van der Waals surface area contributed by atoms with E-state index in [-0.39, 0.29) is 30.7 Å². The number of benzene rings is 2. The Kier molecular flexibility index (Phi) is 7.14. The number of likely N-dealkylation sites (N-methyl/N-ethyl adjacent to an activating group) is 1. The van der Waals surface area contributed by atoms with Crippen molar-refractivity contribution in [3.63, 3.8) is 0 Å². The molecule has 0 spiro atoms. The Morgan fingerprint density at radius 2 is 1.69 bits per heavy atom. The van der Waals surface area contributed by atoms with E-state index in [1.165, 1.54) is 5.01 Å². The Morgan fingerprint density at radius 1 is 1.03 bits per heavy atom. The molecule has 1 heterocycles. The van der Waals surface area contributed by atoms with Gasteiger partial charge in [-0.2, -0.15) is 5.10 Å². The molecule has 6 nitrogen and oxygen atoms in total. The van der Waals surface area contributed by atoms with Crippen molar-refractivity contribution in [1.29, 1.82) is 0 Å². The second kappa shape index (κ2) is 9.98. The van der Waals surface area contributed by atoms with Crippen molar-refractivity contribution in [1.82, 2.24) is 15.2 Å². The van der Waals surface area contributed by atoms with Crippen LogP contribution in [-0.2, 0) is 9.59 Å². The molecule has 152 valence electrons. The fraction of sp³-hybridized carbons (Fsp3) is 0.348.